The van der Waals surface area contributed by atoms with Gasteiger partial charge in [0.2, 0.25) is 0 Å². The van der Waals surface area contributed by atoms with Crippen LogP contribution in [0.25, 0.3) is 0 Å². The second kappa shape index (κ2) is 16.8. The van der Waals surface area contributed by atoms with Crippen molar-refractivity contribution in [3.63, 3.8) is 0 Å². The van der Waals surface area contributed by atoms with E-state index in [0.29, 0.717) is 5.78 Å². The lowest BCUT2D eigenvalue weighted by molar-refractivity contribution is -0.117. The van der Waals surface area contributed by atoms with Gasteiger partial charge in [-0.05, 0) is 124 Å². The van der Waals surface area contributed by atoms with Crippen molar-refractivity contribution in [2.24, 2.45) is 0 Å². The summed E-state index contributed by atoms with van der Waals surface area (Å²) < 4.78 is 5.77. The molecule has 0 aromatic carbocycles. The Hall–Kier alpha value is -1.63. The van der Waals surface area contributed by atoms with Crippen molar-refractivity contribution in [3.05, 3.63) is 98.9 Å². The third kappa shape index (κ3) is 8.26. The Morgan fingerprint density at radius 2 is 0.893 bits per heavy atom. The first-order chi connectivity index (χ1) is 26.5. The first-order valence-electron chi connectivity index (χ1n) is 20.3. The lowest BCUT2D eigenvalue weighted by Crippen LogP contribution is -2.26. The number of fused-ring (bicyclic) bond motifs is 11. The molecule has 0 saturated carbocycles. The topological polar surface area (TPSA) is 80.2 Å². The molecule has 0 fully saturated rings. The highest BCUT2D eigenvalue weighted by Gasteiger charge is 2.43. The molecule has 56 heavy (non-hydrogen) atoms. The molecule has 4 N–H and O–H groups in total. The van der Waals surface area contributed by atoms with Crippen molar-refractivity contribution in [2.45, 2.75) is 152 Å². The van der Waals surface area contributed by atoms with E-state index in [1.807, 2.05) is 58.8 Å². The number of Topliss-reactive ketones (excluding diaryl/α,β-unsaturated/α-hetero) is 1. The van der Waals surface area contributed by atoms with Gasteiger partial charge in [0.15, 0.2) is 0 Å². The van der Waals surface area contributed by atoms with Gasteiger partial charge in [-0.3, -0.25) is 0 Å². The standard InChI is InChI=1S/C45H60N4OS6/c1-27(50)19-17-15-13-11-12-14-16-18-26-52-39-38(51-10)55-41(56-39)40-53-34-35(54-40)37-45(8,9)33-25-23-31(48-33)43(4,5)29-21-20-28(46-29)42(2,3)30-22-24-32(47-30)44(6,7)36(34)49-37/h20-25,46-49H,11-19,26H2,1-10H3. The van der Waals surface area contributed by atoms with Gasteiger partial charge in [0.25, 0.3) is 0 Å². The summed E-state index contributed by atoms with van der Waals surface area (Å²) in [5.74, 6) is 1.51. The van der Waals surface area contributed by atoms with E-state index in [1.165, 1.54) is 123 Å². The lowest BCUT2D eigenvalue weighted by Gasteiger charge is -2.29. The predicted octanol–water partition coefficient (Wildman–Crippen LogP) is 14.7. The number of carbonyl (C=O) groups excluding carboxylic acids is 1. The van der Waals surface area contributed by atoms with Gasteiger partial charge in [-0.1, -0.05) is 85.6 Å². The van der Waals surface area contributed by atoms with Gasteiger partial charge >= 0.3 is 0 Å². The van der Waals surface area contributed by atoms with E-state index in [0.717, 1.165) is 12.8 Å². The zero-order chi connectivity index (χ0) is 40.0. The molecule has 0 radical (unpaired) electrons. The van der Waals surface area contributed by atoms with E-state index in [4.69, 9.17) is 0 Å². The number of aromatic nitrogens is 4. The molecule has 4 aromatic rings. The van der Waals surface area contributed by atoms with Crippen LogP contribution in [0.3, 0.4) is 0 Å². The summed E-state index contributed by atoms with van der Waals surface area (Å²) in [6.07, 6.45) is 13.0. The maximum Gasteiger partial charge on any atom is 0.129 e. The number of unbranched alkanes of at least 4 members (excludes halogenated alkanes) is 7. The van der Waals surface area contributed by atoms with Gasteiger partial charge in [0.1, 0.15) is 5.78 Å². The van der Waals surface area contributed by atoms with Crippen LogP contribution in [0.15, 0.2) is 63.1 Å². The molecule has 8 bridgehead atoms. The quantitative estimate of drug-likeness (QED) is 0.0997. The molecule has 0 spiro atoms. The molecule has 0 unspecified atom stereocenters. The van der Waals surface area contributed by atoms with Crippen molar-refractivity contribution >= 4 is 76.4 Å². The zero-order valence-electron chi connectivity index (χ0n) is 34.9. The molecular weight excluding hydrogens is 805 g/mol. The number of nitrogens with one attached hydrogen (secondary N) is 4. The van der Waals surface area contributed by atoms with E-state index < -0.39 is 0 Å². The number of aromatic amines is 4. The highest BCUT2D eigenvalue weighted by molar-refractivity contribution is 8.42. The lowest BCUT2D eigenvalue weighted by atomic mass is 9.85. The Balaban J connectivity index is 1.13. The van der Waals surface area contributed by atoms with Crippen LogP contribution in [-0.2, 0) is 26.5 Å². The first-order valence-corrected chi connectivity index (χ1v) is 25.8. The summed E-state index contributed by atoms with van der Waals surface area (Å²) in [5, 5.41) is 0. The van der Waals surface area contributed by atoms with Crippen LogP contribution in [0.4, 0.5) is 0 Å². The molecule has 3 aliphatic heterocycles. The second-order valence-corrected chi connectivity index (χ2v) is 24.8. The van der Waals surface area contributed by atoms with Gasteiger partial charge in [-0.25, -0.2) is 0 Å². The van der Waals surface area contributed by atoms with Gasteiger partial charge in [-0.15, -0.1) is 23.5 Å². The highest BCUT2D eigenvalue weighted by atomic mass is 32.3. The molecular formula is C45H60N4OS6. The van der Waals surface area contributed by atoms with E-state index in [9.17, 15) is 4.79 Å². The van der Waals surface area contributed by atoms with Crippen molar-refractivity contribution in [2.75, 3.05) is 12.0 Å². The maximum atomic E-state index is 11.2. The normalized spacial score (nSPS) is 19.2. The summed E-state index contributed by atoms with van der Waals surface area (Å²) >= 11 is 11.9. The van der Waals surface area contributed by atoms with Crippen LogP contribution in [0.2, 0.25) is 0 Å². The molecule has 7 rings (SSSR count). The number of thioether (sulfide) groups is 6. The Kier molecular flexibility index (Phi) is 12.7. The largest absolute Gasteiger partial charge is 0.361 e. The second-order valence-electron chi connectivity index (χ2n) is 17.8. The third-order valence-electron chi connectivity index (χ3n) is 12.2. The van der Waals surface area contributed by atoms with Crippen LogP contribution in [0.5, 0.6) is 0 Å². The van der Waals surface area contributed by atoms with Gasteiger partial charge in [-0.2, -0.15) is 0 Å². The van der Waals surface area contributed by atoms with Crippen LogP contribution in [-0.4, -0.2) is 37.7 Å². The number of carbonyl (C=O) groups is 1. The Morgan fingerprint density at radius 1 is 0.518 bits per heavy atom. The van der Waals surface area contributed by atoms with Gasteiger partial charge < -0.3 is 24.7 Å². The van der Waals surface area contributed by atoms with Crippen molar-refractivity contribution < 1.29 is 4.79 Å². The minimum atomic E-state index is -0.281. The fourth-order valence-corrected chi connectivity index (χ4v) is 16.8. The van der Waals surface area contributed by atoms with Crippen molar-refractivity contribution in [1.29, 1.82) is 0 Å². The fourth-order valence-electron chi connectivity index (χ4n) is 8.03. The smallest absolute Gasteiger partial charge is 0.129 e. The first kappa shape index (κ1) is 42.5. The number of hydrogen-bond acceptors (Lipinski definition) is 7. The van der Waals surface area contributed by atoms with E-state index in [-0.39, 0.29) is 21.7 Å². The SMILES string of the molecule is CSC1=C(SCCCCCCCCCCC(C)=O)SC(=C2Sc3c4[nH]c(c3S2)C(C)(C)c2ccc([nH]2)C(C)(C)c2ccc([nH]2)C(C)(C)c2ccc([nH]2)C4(C)C)S1. The molecule has 5 nitrogen and oxygen atoms in total. The summed E-state index contributed by atoms with van der Waals surface area (Å²) in [6, 6.07) is 13.7. The fraction of sp³-hybridized carbons (Fsp3) is 0.533. The maximum absolute atomic E-state index is 11.2. The average Bonchev–Trinajstić information content (AvgIpc) is 3.99. The Morgan fingerprint density at radius 3 is 1.32 bits per heavy atom. The predicted molar refractivity (Wildman–Crippen MR) is 251 cm³/mol. The number of ketones is 1. The molecule has 0 saturated heterocycles. The minimum absolute atomic E-state index is 0.222. The highest BCUT2D eigenvalue weighted by Crippen LogP contribution is 2.66. The summed E-state index contributed by atoms with van der Waals surface area (Å²) in [4.78, 5) is 29.7. The molecule has 0 amide bonds. The molecule has 11 heteroatoms. The van der Waals surface area contributed by atoms with Crippen LogP contribution < -0.4 is 0 Å². The summed E-state index contributed by atoms with van der Waals surface area (Å²) in [5.41, 5.74) is 8.86. The minimum Gasteiger partial charge on any atom is -0.361 e. The summed E-state index contributed by atoms with van der Waals surface area (Å²) in [7, 11) is 0. The van der Waals surface area contributed by atoms with Crippen LogP contribution in [0, 0.1) is 0 Å². The molecule has 0 aliphatic carbocycles. The molecule has 4 aromatic heterocycles. The average molecular weight is 865 g/mol. The van der Waals surface area contributed by atoms with Crippen molar-refractivity contribution in [3.8, 4) is 0 Å². The Labute approximate surface area is 361 Å². The van der Waals surface area contributed by atoms with Crippen molar-refractivity contribution in [1.82, 2.24) is 19.9 Å². The van der Waals surface area contributed by atoms with Gasteiger partial charge in [0, 0.05) is 83.4 Å². The number of rotatable bonds is 13. The van der Waals surface area contributed by atoms with Crippen LogP contribution in [0.1, 0.15) is 166 Å². The van der Waals surface area contributed by atoms with Crippen LogP contribution >= 0.6 is 70.6 Å². The van der Waals surface area contributed by atoms with E-state index >= 15 is 0 Å². The van der Waals surface area contributed by atoms with E-state index in [2.05, 4.69) is 130 Å². The Bertz CT molecular complexity index is 2030. The molecule has 0 atom stereocenters. The number of H-pyrrole nitrogens is 4. The monoisotopic (exact) mass is 864 g/mol. The summed E-state index contributed by atoms with van der Waals surface area (Å²) in [6.45, 7) is 20.5. The molecule has 3 aliphatic rings. The number of hydrogen-bond donors (Lipinski definition) is 4. The molecule has 302 valence electrons. The van der Waals surface area contributed by atoms with E-state index in [1.54, 1.807) is 6.92 Å². The molecule has 7 heterocycles. The third-order valence-corrected chi connectivity index (χ3v) is 20.8. The zero-order valence-corrected chi connectivity index (χ0v) is 39.8. The van der Waals surface area contributed by atoms with Gasteiger partial charge in [0.05, 0.1) is 16.9 Å².